The molecule has 8 aromatic rings. The Labute approximate surface area is 349 Å². The van der Waals surface area contributed by atoms with Crippen molar-refractivity contribution in [2.24, 2.45) is 5.90 Å². The summed E-state index contributed by atoms with van der Waals surface area (Å²) >= 11 is 0. The fraction of sp³-hybridized carbons (Fsp3) is 0.0385. The molecule has 0 radical (unpaired) electrons. The lowest BCUT2D eigenvalue weighted by Crippen LogP contribution is -2.09. The van der Waals surface area contributed by atoms with Crippen molar-refractivity contribution in [2.45, 2.75) is 13.8 Å². The highest BCUT2D eigenvalue weighted by Crippen LogP contribution is 2.38. The van der Waals surface area contributed by atoms with Crippen LogP contribution in [0.1, 0.15) is 33.4 Å². The lowest BCUT2D eigenvalue weighted by Gasteiger charge is -2.25. The molecule has 0 aliphatic rings. The molecular formula is C52H42N4O4. The van der Waals surface area contributed by atoms with Crippen LogP contribution in [0.4, 0.5) is 39.8 Å². The molecule has 0 bridgehead atoms. The average molecular weight is 787 g/mol. The molecule has 0 unspecified atom stereocenters. The Morgan fingerprint density at radius 2 is 0.833 bits per heavy atom. The van der Waals surface area contributed by atoms with Crippen LogP contribution in [-0.2, 0) is 4.99 Å². The van der Waals surface area contributed by atoms with E-state index in [1.165, 1.54) is 11.1 Å². The zero-order valence-corrected chi connectivity index (χ0v) is 33.2. The van der Waals surface area contributed by atoms with Gasteiger partial charge in [0.25, 0.3) is 5.69 Å². The zero-order chi connectivity index (χ0) is 41.4. The van der Waals surface area contributed by atoms with Gasteiger partial charge in [0.1, 0.15) is 0 Å². The molecule has 0 saturated heterocycles. The number of para-hydroxylation sites is 2. The molecule has 0 amide bonds. The van der Waals surface area contributed by atoms with Crippen LogP contribution in [0, 0.1) is 24.0 Å². The molecule has 0 heterocycles. The second-order valence-corrected chi connectivity index (χ2v) is 14.5. The number of benzene rings is 8. The highest BCUT2D eigenvalue weighted by molar-refractivity contribution is 5.99. The lowest BCUT2D eigenvalue weighted by atomic mass is 10.00. The highest BCUT2D eigenvalue weighted by Gasteiger charge is 2.19. The van der Waals surface area contributed by atoms with Crippen molar-refractivity contribution >= 4 is 74.9 Å². The minimum atomic E-state index is -0.385. The number of rotatable bonds is 13. The van der Waals surface area contributed by atoms with E-state index < -0.39 is 0 Å². The maximum Gasteiger partial charge on any atom is 0.277 e. The van der Waals surface area contributed by atoms with Gasteiger partial charge in [-0.2, -0.15) is 5.90 Å². The van der Waals surface area contributed by atoms with Crippen LogP contribution in [0.2, 0.25) is 0 Å². The van der Waals surface area contributed by atoms with Crippen LogP contribution < -0.4 is 20.6 Å². The van der Waals surface area contributed by atoms with Crippen LogP contribution >= 0.6 is 0 Å². The molecule has 8 rings (SSSR count). The number of anilines is 6. The third kappa shape index (κ3) is 8.85. The Morgan fingerprint density at radius 1 is 0.467 bits per heavy atom. The monoisotopic (exact) mass is 786 g/mol. The van der Waals surface area contributed by atoms with Crippen molar-refractivity contribution in [3.05, 3.63) is 225 Å². The largest absolute Gasteiger partial charge is 0.319 e. The third-order valence-corrected chi connectivity index (χ3v) is 10.2. The fourth-order valence-electron chi connectivity index (χ4n) is 7.21. The Balaban J connectivity index is 1.06. The van der Waals surface area contributed by atoms with Gasteiger partial charge in [0.15, 0.2) is 5.75 Å². The van der Waals surface area contributed by atoms with Gasteiger partial charge in [-0.05, 0) is 127 Å². The van der Waals surface area contributed by atoms with Crippen LogP contribution in [0.5, 0.6) is 5.75 Å². The summed E-state index contributed by atoms with van der Waals surface area (Å²) in [6.07, 6.45) is 7.60. The summed E-state index contributed by atoms with van der Waals surface area (Å²) in [4.78, 5) is 26.6. The summed E-state index contributed by atoms with van der Waals surface area (Å²) in [6.45, 7) is 4.15. The Hall–Kier alpha value is -7.78. The molecule has 0 saturated carbocycles. The van der Waals surface area contributed by atoms with E-state index in [0.717, 1.165) is 45.3 Å². The molecule has 0 aliphatic heterocycles. The standard InChI is InChI=1S/C52H42N4O4/c1-37-13-25-45(26-14-37)54(43-9-5-3-6-10-43)47-29-21-39(22-30-47)17-19-41-34-50-49(51(35-41)56(57)58)33-42(36-52(50)59-60-53)20-18-40-23-31-48(32-24-40)55(44-11-7-4-8-12-44)46-27-15-38(2)16-28-46/h3-36H,53H2,1-2H3/b19-17+,20-18+. The Kier molecular flexibility index (Phi) is 11.6. The summed E-state index contributed by atoms with van der Waals surface area (Å²) < 4.78 is 0. The SMILES string of the molecule is Cc1ccc(N(c2ccccc2)c2ccc(/C=C/c3cc([N+](=O)[O-])c4cc(/C=C/c5ccc(N(c6ccccc6)c6ccc(C)cc6)cc5)cc(OON)c4c3)cc2)cc1. The third-order valence-electron chi connectivity index (χ3n) is 10.2. The molecule has 294 valence electrons. The van der Waals surface area contributed by atoms with Gasteiger partial charge in [-0.3, -0.25) is 10.1 Å². The van der Waals surface area contributed by atoms with E-state index in [4.69, 9.17) is 10.8 Å². The second-order valence-electron chi connectivity index (χ2n) is 14.5. The van der Waals surface area contributed by atoms with Crippen molar-refractivity contribution in [1.82, 2.24) is 0 Å². The predicted octanol–water partition coefficient (Wildman–Crippen LogP) is 13.8. The first-order valence-corrected chi connectivity index (χ1v) is 19.5. The van der Waals surface area contributed by atoms with E-state index in [1.54, 1.807) is 18.2 Å². The van der Waals surface area contributed by atoms with Gasteiger partial charge in [-0.15, -0.1) is 0 Å². The molecule has 60 heavy (non-hydrogen) atoms. The van der Waals surface area contributed by atoms with E-state index in [1.807, 2.05) is 91.0 Å². The molecule has 0 fully saturated rings. The molecule has 0 atom stereocenters. The number of non-ortho nitro benzene ring substituents is 1. The fourth-order valence-corrected chi connectivity index (χ4v) is 7.21. The van der Waals surface area contributed by atoms with E-state index in [2.05, 4.69) is 126 Å². The molecule has 8 nitrogen and oxygen atoms in total. The van der Waals surface area contributed by atoms with Gasteiger partial charge < -0.3 is 14.7 Å². The molecule has 0 aliphatic carbocycles. The van der Waals surface area contributed by atoms with E-state index in [0.29, 0.717) is 21.9 Å². The minimum absolute atomic E-state index is 0.0716. The first-order chi connectivity index (χ1) is 29.3. The normalized spacial score (nSPS) is 11.3. The molecule has 8 aromatic carbocycles. The highest BCUT2D eigenvalue weighted by atomic mass is 17.3. The van der Waals surface area contributed by atoms with Crippen molar-refractivity contribution in [2.75, 3.05) is 9.80 Å². The lowest BCUT2D eigenvalue weighted by molar-refractivity contribution is -0.383. The number of nitro groups is 1. The van der Waals surface area contributed by atoms with Crippen LogP contribution in [0.25, 0.3) is 35.1 Å². The summed E-state index contributed by atoms with van der Waals surface area (Å²) in [5.74, 6) is 5.64. The molecular weight excluding hydrogens is 745 g/mol. The smallest absolute Gasteiger partial charge is 0.277 e. The van der Waals surface area contributed by atoms with E-state index in [-0.39, 0.29) is 16.4 Å². The van der Waals surface area contributed by atoms with Gasteiger partial charge in [0.2, 0.25) is 0 Å². The first kappa shape index (κ1) is 39.1. The number of nitrogens with zero attached hydrogens (tertiary/aromatic N) is 3. The van der Waals surface area contributed by atoms with Gasteiger partial charge in [0, 0.05) is 45.6 Å². The summed E-state index contributed by atoms with van der Waals surface area (Å²) in [5, 5.41) is 13.4. The van der Waals surface area contributed by atoms with Crippen LogP contribution in [0.15, 0.2) is 182 Å². The Morgan fingerprint density at radius 3 is 1.25 bits per heavy atom. The van der Waals surface area contributed by atoms with Gasteiger partial charge >= 0.3 is 0 Å². The predicted molar refractivity (Wildman–Crippen MR) is 246 cm³/mol. The molecule has 8 heteroatoms. The van der Waals surface area contributed by atoms with Crippen molar-refractivity contribution in [3.8, 4) is 5.75 Å². The minimum Gasteiger partial charge on any atom is -0.319 e. The average Bonchev–Trinajstić information content (AvgIpc) is 3.28. The Bertz CT molecular complexity index is 2790. The zero-order valence-electron chi connectivity index (χ0n) is 33.2. The molecule has 2 N–H and O–H groups in total. The first-order valence-electron chi connectivity index (χ1n) is 19.5. The van der Waals surface area contributed by atoms with Crippen LogP contribution in [-0.4, -0.2) is 4.92 Å². The number of nitro benzene ring substituents is 1. The number of fused-ring (bicyclic) bond motifs is 1. The number of nitrogens with two attached hydrogens (primary N) is 1. The molecule has 0 spiro atoms. The summed E-state index contributed by atoms with van der Waals surface area (Å²) in [5.41, 5.74) is 11.7. The quantitative estimate of drug-likeness (QED) is 0.0538. The number of aryl methyl sites for hydroxylation is 2. The van der Waals surface area contributed by atoms with Crippen molar-refractivity contribution in [3.63, 3.8) is 0 Å². The van der Waals surface area contributed by atoms with Crippen LogP contribution in [0.3, 0.4) is 0 Å². The van der Waals surface area contributed by atoms with Gasteiger partial charge in [-0.1, -0.05) is 125 Å². The van der Waals surface area contributed by atoms with E-state index >= 15 is 0 Å². The maximum absolute atomic E-state index is 12.5. The topological polar surface area (TPSA) is 94.1 Å². The maximum atomic E-state index is 12.5. The second kappa shape index (κ2) is 17.8. The number of hydrogen-bond acceptors (Lipinski definition) is 7. The summed E-state index contributed by atoms with van der Waals surface area (Å²) in [6, 6.07) is 60.6. The molecule has 0 aromatic heterocycles. The van der Waals surface area contributed by atoms with Gasteiger partial charge in [0.05, 0.1) is 10.3 Å². The van der Waals surface area contributed by atoms with Gasteiger partial charge in [-0.25, -0.2) is 0 Å². The van der Waals surface area contributed by atoms with Crippen molar-refractivity contribution in [1.29, 1.82) is 0 Å². The van der Waals surface area contributed by atoms with E-state index in [9.17, 15) is 10.1 Å². The summed E-state index contributed by atoms with van der Waals surface area (Å²) in [7, 11) is 0. The number of hydrogen-bond donors (Lipinski definition) is 1. The van der Waals surface area contributed by atoms with Crippen molar-refractivity contribution < 1.29 is 14.8 Å².